The summed E-state index contributed by atoms with van der Waals surface area (Å²) in [4.78, 5) is 28.3. The van der Waals surface area contributed by atoms with Gasteiger partial charge in [0.25, 0.3) is 5.91 Å². The molecule has 4 rings (SSSR count). The number of amides is 1. The van der Waals surface area contributed by atoms with Crippen molar-refractivity contribution < 1.29 is 14.0 Å². The first-order chi connectivity index (χ1) is 15.0. The van der Waals surface area contributed by atoms with Crippen LogP contribution in [0.5, 0.6) is 0 Å². The van der Waals surface area contributed by atoms with E-state index in [9.17, 15) is 9.59 Å². The fourth-order valence-electron chi connectivity index (χ4n) is 3.23. The molecule has 1 amide bonds. The molecule has 0 aliphatic heterocycles. The predicted octanol–water partition coefficient (Wildman–Crippen LogP) is 5.55. The molecule has 0 radical (unpaired) electrons. The van der Waals surface area contributed by atoms with E-state index in [0.717, 1.165) is 33.8 Å². The number of carbonyl (C=O) groups is 2. The lowest BCUT2D eigenvalue weighted by atomic mass is 10.1. The van der Waals surface area contributed by atoms with Crippen molar-refractivity contribution in [3.05, 3.63) is 87.9 Å². The van der Waals surface area contributed by atoms with Crippen LogP contribution < -0.4 is 5.32 Å². The lowest BCUT2D eigenvalue weighted by molar-refractivity contribution is 0.0926. The largest absolute Gasteiger partial charge is 0.451 e. The Balaban J connectivity index is 1.31. The van der Waals surface area contributed by atoms with Gasteiger partial charge < -0.3 is 9.73 Å². The molecule has 2 heterocycles. The molecule has 0 unspecified atom stereocenters. The van der Waals surface area contributed by atoms with Crippen LogP contribution in [0.3, 0.4) is 0 Å². The Morgan fingerprint density at radius 1 is 0.968 bits per heavy atom. The number of hydrogen-bond acceptors (Lipinski definition) is 5. The number of carbonyl (C=O) groups excluding carboxylic acids is 2. The molecular formula is C25H22N2O3S. The van der Waals surface area contributed by atoms with Crippen LogP contribution in [0.4, 0.5) is 0 Å². The highest BCUT2D eigenvalue weighted by Crippen LogP contribution is 2.23. The zero-order chi connectivity index (χ0) is 21.8. The van der Waals surface area contributed by atoms with Crippen LogP contribution in [0.15, 0.2) is 70.5 Å². The van der Waals surface area contributed by atoms with Gasteiger partial charge in [0.15, 0.2) is 11.5 Å². The Morgan fingerprint density at radius 3 is 2.32 bits per heavy atom. The molecule has 0 saturated heterocycles. The minimum atomic E-state index is -0.249. The number of aromatic nitrogens is 1. The first-order valence-electron chi connectivity index (χ1n) is 10.0. The SMILES string of the molecule is CC(=O)c1ccc(-c2ccc(C(=O)NCCc3ccc(-c4csc(C)n4)cc3)o2)cc1. The van der Waals surface area contributed by atoms with E-state index in [1.807, 2.05) is 19.1 Å². The molecule has 0 atom stereocenters. The van der Waals surface area contributed by atoms with E-state index in [4.69, 9.17) is 4.42 Å². The topological polar surface area (TPSA) is 72.2 Å². The van der Waals surface area contributed by atoms with Crippen LogP contribution >= 0.6 is 11.3 Å². The molecule has 6 heteroatoms. The van der Waals surface area contributed by atoms with Gasteiger partial charge in [0.05, 0.1) is 10.7 Å². The summed E-state index contributed by atoms with van der Waals surface area (Å²) in [5, 5.41) is 6.01. The summed E-state index contributed by atoms with van der Waals surface area (Å²) in [5.74, 6) is 0.619. The van der Waals surface area contributed by atoms with E-state index >= 15 is 0 Å². The maximum absolute atomic E-state index is 12.4. The third-order valence-electron chi connectivity index (χ3n) is 4.97. The van der Waals surface area contributed by atoms with E-state index in [1.165, 1.54) is 6.92 Å². The molecule has 0 saturated carbocycles. The maximum atomic E-state index is 12.4. The van der Waals surface area contributed by atoms with Crippen molar-refractivity contribution in [2.75, 3.05) is 6.54 Å². The lowest BCUT2D eigenvalue weighted by Crippen LogP contribution is -2.25. The van der Waals surface area contributed by atoms with Crippen molar-refractivity contribution in [3.63, 3.8) is 0 Å². The second kappa shape index (κ2) is 9.10. The predicted molar refractivity (Wildman–Crippen MR) is 122 cm³/mol. The van der Waals surface area contributed by atoms with Crippen molar-refractivity contribution in [3.8, 4) is 22.6 Å². The highest BCUT2D eigenvalue weighted by atomic mass is 32.1. The highest BCUT2D eigenvalue weighted by molar-refractivity contribution is 7.09. The van der Waals surface area contributed by atoms with Gasteiger partial charge in [-0.15, -0.1) is 11.3 Å². The van der Waals surface area contributed by atoms with E-state index < -0.39 is 0 Å². The average Bonchev–Trinajstić information content (AvgIpc) is 3.44. The fourth-order valence-corrected chi connectivity index (χ4v) is 3.85. The summed E-state index contributed by atoms with van der Waals surface area (Å²) in [6.07, 6.45) is 0.724. The summed E-state index contributed by atoms with van der Waals surface area (Å²) < 4.78 is 5.70. The zero-order valence-corrected chi connectivity index (χ0v) is 18.2. The van der Waals surface area contributed by atoms with Gasteiger partial charge in [-0.05, 0) is 38.0 Å². The Hall–Kier alpha value is -3.51. The fraction of sp³-hybridized carbons (Fsp3) is 0.160. The van der Waals surface area contributed by atoms with Crippen LogP contribution in [0, 0.1) is 6.92 Å². The number of benzene rings is 2. The quantitative estimate of drug-likeness (QED) is 0.390. The monoisotopic (exact) mass is 430 g/mol. The standard InChI is InChI=1S/C25H22N2O3S/c1-16(28)19-7-9-21(10-8-19)23-11-12-24(30-23)25(29)26-14-13-18-3-5-20(6-4-18)22-15-31-17(2)27-22/h3-12,15H,13-14H2,1-2H3,(H,26,29). The van der Waals surface area contributed by atoms with Crippen LogP contribution in [-0.2, 0) is 6.42 Å². The summed E-state index contributed by atoms with van der Waals surface area (Å²) >= 11 is 1.64. The minimum absolute atomic E-state index is 0.0129. The molecule has 31 heavy (non-hydrogen) atoms. The molecule has 1 N–H and O–H groups in total. The van der Waals surface area contributed by atoms with E-state index in [1.54, 1.807) is 35.6 Å². The molecular weight excluding hydrogens is 408 g/mol. The summed E-state index contributed by atoms with van der Waals surface area (Å²) in [6, 6.07) is 18.8. The van der Waals surface area contributed by atoms with Gasteiger partial charge in [-0.2, -0.15) is 0 Å². The second-order valence-electron chi connectivity index (χ2n) is 7.25. The van der Waals surface area contributed by atoms with Crippen molar-refractivity contribution >= 4 is 23.0 Å². The summed E-state index contributed by atoms with van der Waals surface area (Å²) in [5.41, 5.74) is 4.69. The van der Waals surface area contributed by atoms with Gasteiger partial charge in [-0.1, -0.05) is 48.5 Å². The van der Waals surface area contributed by atoms with Gasteiger partial charge in [0, 0.05) is 28.6 Å². The van der Waals surface area contributed by atoms with Crippen molar-refractivity contribution in [1.82, 2.24) is 10.3 Å². The van der Waals surface area contributed by atoms with Gasteiger partial charge in [0.2, 0.25) is 0 Å². The number of thiazole rings is 1. The molecule has 2 aromatic heterocycles. The normalized spacial score (nSPS) is 10.8. The van der Waals surface area contributed by atoms with Gasteiger partial charge >= 0.3 is 0 Å². The average molecular weight is 431 g/mol. The number of hydrogen-bond donors (Lipinski definition) is 1. The molecule has 0 spiro atoms. The number of nitrogens with one attached hydrogen (secondary N) is 1. The Kier molecular flexibility index (Phi) is 6.09. The molecule has 156 valence electrons. The first kappa shape index (κ1) is 20.8. The number of Topliss-reactive ketones (excluding diaryl/α,β-unsaturated/α-hetero) is 1. The first-order valence-corrected chi connectivity index (χ1v) is 10.9. The van der Waals surface area contributed by atoms with E-state index in [0.29, 0.717) is 17.9 Å². The lowest BCUT2D eigenvalue weighted by Gasteiger charge is -2.05. The molecule has 0 aliphatic carbocycles. The van der Waals surface area contributed by atoms with Gasteiger partial charge in [-0.3, -0.25) is 9.59 Å². The number of rotatable bonds is 7. The molecule has 4 aromatic rings. The maximum Gasteiger partial charge on any atom is 0.287 e. The van der Waals surface area contributed by atoms with E-state index in [-0.39, 0.29) is 17.5 Å². The summed E-state index contributed by atoms with van der Waals surface area (Å²) in [6.45, 7) is 4.04. The Bertz CT molecular complexity index is 1200. The van der Waals surface area contributed by atoms with E-state index in [2.05, 4.69) is 39.9 Å². The van der Waals surface area contributed by atoms with Crippen LogP contribution in [0.1, 0.15) is 38.4 Å². The van der Waals surface area contributed by atoms with Crippen LogP contribution in [0.2, 0.25) is 0 Å². The summed E-state index contributed by atoms with van der Waals surface area (Å²) in [7, 11) is 0. The minimum Gasteiger partial charge on any atom is -0.451 e. The third-order valence-corrected chi connectivity index (χ3v) is 5.75. The Morgan fingerprint density at radius 2 is 1.68 bits per heavy atom. The Labute approximate surface area is 184 Å². The van der Waals surface area contributed by atoms with Crippen molar-refractivity contribution in [2.24, 2.45) is 0 Å². The number of ketones is 1. The molecule has 5 nitrogen and oxygen atoms in total. The van der Waals surface area contributed by atoms with Crippen LogP contribution in [0.25, 0.3) is 22.6 Å². The smallest absolute Gasteiger partial charge is 0.287 e. The van der Waals surface area contributed by atoms with Gasteiger partial charge in [0.1, 0.15) is 5.76 Å². The zero-order valence-electron chi connectivity index (χ0n) is 17.3. The highest BCUT2D eigenvalue weighted by Gasteiger charge is 2.12. The molecule has 0 bridgehead atoms. The number of nitrogens with zero attached hydrogens (tertiary/aromatic N) is 1. The number of aryl methyl sites for hydroxylation is 1. The van der Waals surface area contributed by atoms with Gasteiger partial charge in [-0.25, -0.2) is 4.98 Å². The van der Waals surface area contributed by atoms with Crippen molar-refractivity contribution in [1.29, 1.82) is 0 Å². The second-order valence-corrected chi connectivity index (χ2v) is 8.31. The van der Waals surface area contributed by atoms with Crippen LogP contribution in [-0.4, -0.2) is 23.2 Å². The third kappa shape index (κ3) is 4.98. The number of furan rings is 1. The molecule has 0 aliphatic rings. The molecule has 2 aromatic carbocycles. The van der Waals surface area contributed by atoms with Crippen molar-refractivity contribution in [2.45, 2.75) is 20.3 Å². The molecule has 0 fully saturated rings.